The molecule has 4 aromatic rings. The molecule has 0 saturated carbocycles. The molecule has 0 N–H and O–H groups in total. The average molecular weight is 462 g/mol. The van der Waals surface area contributed by atoms with Crippen LogP contribution in [-0.2, 0) is 22.3 Å². The predicted molar refractivity (Wildman–Crippen MR) is 132 cm³/mol. The van der Waals surface area contributed by atoms with Gasteiger partial charge in [0.2, 0.25) is 18.1 Å². The van der Waals surface area contributed by atoms with Crippen molar-refractivity contribution in [3.8, 4) is 22.6 Å². The Bertz CT molecular complexity index is 1000. The van der Waals surface area contributed by atoms with Gasteiger partial charge in [0.15, 0.2) is 0 Å². The Kier molecular flexibility index (Phi) is 8.66. The second-order valence-electron chi connectivity index (χ2n) is 6.89. The van der Waals surface area contributed by atoms with E-state index in [9.17, 15) is 0 Å². The maximum absolute atomic E-state index is 5.83. The van der Waals surface area contributed by atoms with Gasteiger partial charge in [0.25, 0.3) is 0 Å². The lowest BCUT2D eigenvalue weighted by molar-refractivity contribution is 0.318. The molecular formula is C26H24O4P2. The minimum Gasteiger partial charge on any atom is -0.450 e. The highest BCUT2D eigenvalue weighted by Crippen LogP contribution is 2.31. The van der Waals surface area contributed by atoms with E-state index in [0.717, 1.165) is 33.8 Å². The van der Waals surface area contributed by atoms with E-state index in [1.165, 1.54) is 0 Å². The van der Waals surface area contributed by atoms with Gasteiger partial charge in [-0.1, -0.05) is 84.9 Å². The molecule has 0 saturated heterocycles. The summed E-state index contributed by atoms with van der Waals surface area (Å²) in [6.07, 6.45) is 0. The van der Waals surface area contributed by atoms with E-state index in [-0.39, 0.29) is 18.1 Å². The first-order valence-corrected chi connectivity index (χ1v) is 11.9. The molecule has 6 heteroatoms. The molecule has 0 aliphatic carbocycles. The van der Waals surface area contributed by atoms with Crippen molar-refractivity contribution in [1.82, 2.24) is 0 Å². The van der Waals surface area contributed by atoms with Crippen molar-refractivity contribution in [2.24, 2.45) is 0 Å². The Morgan fingerprint density at radius 2 is 0.812 bits per heavy atom. The summed E-state index contributed by atoms with van der Waals surface area (Å²) in [5, 5.41) is 0. The van der Waals surface area contributed by atoms with Crippen molar-refractivity contribution in [2.45, 2.75) is 13.2 Å². The van der Waals surface area contributed by atoms with Crippen LogP contribution in [0.1, 0.15) is 11.1 Å². The van der Waals surface area contributed by atoms with Crippen LogP contribution in [0, 0.1) is 0 Å². The molecule has 0 heterocycles. The summed E-state index contributed by atoms with van der Waals surface area (Å²) in [6, 6.07) is 35.9. The standard InChI is InChI=1S/C26H24O4P2/c1-3-13-23(14-4-1)29-31-27-19-21-11-7-9-17-25(21)26-18-10-8-12-22(26)20-28-32-30-24-15-5-2-6-16-24/h1-18,31-32H,19-20H2. The predicted octanol–water partition coefficient (Wildman–Crippen LogP) is 7.56. The molecule has 0 amide bonds. The first-order chi connectivity index (χ1) is 15.9. The highest BCUT2D eigenvalue weighted by Gasteiger charge is 2.10. The third-order valence-corrected chi connectivity index (χ3v) is 5.87. The number of para-hydroxylation sites is 2. The van der Waals surface area contributed by atoms with E-state index in [2.05, 4.69) is 24.3 Å². The van der Waals surface area contributed by atoms with Gasteiger partial charge in [-0.25, -0.2) is 0 Å². The van der Waals surface area contributed by atoms with Gasteiger partial charge in [0.1, 0.15) is 11.5 Å². The van der Waals surface area contributed by atoms with Gasteiger partial charge in [0, 0.05) is 0 Å². The normalized spacial score (nSPS) is 11.4. The molecule has 0 radical (unpaired) electrons. The second-order valence-corrected chi connectivity index (χ2v) is 8.21. The molecule has 0 fully saturated rings. The topological polar surface area (TPSA) is 36.9 Å². The third kappa shape index (κ3) is 6.63. The van der Waals surface area contributed by atoms with Crippen LogP contribution < -0.4 is 9.05 Å². The van der Waals surface area contributed by atoms with Crippen LogP contribution in [0.3, 0.4) is 0 Å². The summed E-state index contributed by atoms with van der Waals surface area (Å²) in [6.45, 7) is 0.936. The van der Waals surface area contributed by atoms with E-state index in [4.69, 9.17) is 18.1 Å². The summed E-state index contributed by atoms with van der Waals surface area (Å²) in [4.78, 5) is 0. The van der Waals surface area contributed by atoms with Crippen LogP contribution in [0.15, 0.2) is 109 Å². The summed E-state index contributed by atoms with van der Waals surface area (Å²) in [5.41, 5.74) is 4.46. The number of rotatable bonds is 11. The van der Waals surface area contributed by atoms with Crippen molar-refractivity contribution in [3.63, 3.8) is 0 Å². The van der Waals surface area contributed by atoms with Crippen molar-refractivity contribution >= 4 is 18.1 Å². The molecule has 4 aromatic carbocycles. The zero-order valence-electron chi connectivity index (χ0n) is 17.4. The fraction of sp³-hybridized carbons (Fsp3) is 0.0769. The Balaban J connectivity index is 1.36. The van der Waals surface area contributed by atoms with Gasteiger partial charge in [-0.2, -0.15) is 0 Å². The molecule has 4 rings (SSSR count). The van der Waals surface area contributed by atoms with Crippen LogP contribution in [-0.4, -0.2) is 0 Å². The molecule has 0 aromatic heterocycles. The van der Waals surface area contributed by atoms with Crippen LogP contribution in [0.5, 0.6) is 11.5 Å². The first kappa shape index (κ1) is 22.5. The molecule has 4 nitrogen and oxygen atoms in total. The average Bonchev–Trinajstić information content (AvgIpc) is 2.86. The van der Waals surface area contributed by atoms with Crippen LogP contribution in [0.25, 0.3) is 11.1 Å². The van der Waals surface area contributed by atoms with Gasteiger partial charge in [-0.05, 0) is 46.5 Å². The molecule has 0 bridgehead atoms. The van der Waals surface area contributed by atoms with Gasteiger partial charge in [-0.3, -0.25) is 0 Å². The van der Waals surface area contributed by atoms with E-state index < -0.39 is 0 Å². The summed E-state index contributed by atoms with van der Waals surface area (Å²) >= 11 is 0. The lowest BCUT2D eigenvalue weighted by atomic mass is 9.96. The van der Waals surface area contributed by atoms with Crippen molar-refractivity contribution in [3.05, 3.63) is 120 Å². The number of hydrogen-bond donors (Lipinski definition) is 0. The molecule has 0 aliphatic rings. The Morgan fingerprint density at radius 3 is 1.25 bits per heavy atom. The van der Waals surface area contributed by atoms with Gasteiger partial charge < -0.3 is 18.1 Å². The number of hydrogen-bond acceptors (Lipinski definition) is 4. The minimum absolute atomic E-state index is 0.0673. The van der Waals surface area contributed by atoms with Crippen molar-refractivity contribution in [2.75, 3.05) is 0 Å². The van der Waals surface area contributed by atoms with Crippen molar-refractivity contribution < 1.29 is 18.1 Å². The Morgan fingerprint density at radius 1 is 0.438 bits per heavy atom. The molecule has 2 atom stereocenters. The molecular weight excluding hydrogens is 438 g/mol. The van der Waals surface area contributed by atoms with E-state index in [0.29, 0.717) is 13.2 Å². The highest BCUT2D eigenvalue weighted by molar-refractivity contribution is 7.26. The summed E-state index contributed by atoms with van der Waals surface area (Å²) in [5.74, 6) is 1.61. The molecule has 162 valence electrons. The van der Waals surface area contributed by atoms with Gasteiger partial charge in [0.05, 0.1) is 13.2 Å². The maximum atomic E-state index is 5.83. The SMILES string of the molecule is c1ccc(OPOCc2ccccc2-c2ccccc2COPOc2ccccc2)cc1. The third-order valence-electron chi connectivity index (χ3n) is 4.70. The first-order valence-electron chi connectivity index (χ1n) is 10.2. The summed E-state index contributed by atoms with van der Waals surface area (Å²) < 4.78 is 23.0. The summed E-state index contributed by atoms with van der Waals surface area (Å²) in [7, 11) is -0.135. The van der Waals surface area contributed by atoms with Crippen LogP contribution in [0.2, 0.25) is 0 Å². The largest absolute Gasteiger partial charge is 0.450 e. The fourth-order valence-corrected chi connectivity index (χ4v) is 4.18. The lowest BCUT2D eigenvalue weighted by Crippen LogP contribution is -1.96. The van der Waals surface area contributed by atoms with Crippen molar-refractivity contribution in [1.29, 1.82) is 0 Å². The fourth-order valence-electron chi connectivity index (χ4n) is 3.16. The van der Waals surface area contributed by atoms with E-state index in [1.807, 2.05) is 84.9 Å². The van der Waals surface area contributed by atoms with Gasteiger partial charge in [-0.15, -0.1) is 0 Å². The molecule has 2 unspecified atom stereocenters. The zero-order chi connectivity index (χ0) is 21.8. The number of benzene rings is 4. The zero-order valence-corrected chi connectivity index (χ0v) is 19.4. The quantitative estimate of drug-likeness (QED) is 0.170. The smallest absolute Gasteiger partial charge is 0.215 e. The van der Waals surface area contributed by atoms with E-state index >= 15 is 0 Å². The Labute approximate surface area is 192 Å². The van der Waals surface area contributed by atoms with Gasteiger partial charge >= 0.3 is 0 Å². The minimum atomic E-state index is -0.0673. The lowest BCUT2D eigenvalue weighted by Gasteiger charge is -2.14. The Hall–Kier alpha value is -2.74. The highest BCUT2D eigenvalue weighted by atomic mass is 31.1. The van der Waals surface area contributed by atoms with Crippen LogP contribution >= 0.6 is 18.1 Å². The monoisotopic (exact) mass is 462 g/mol. The second kappa shape index (κ2) is 12.3. The van der Waals surface area contributed by atoms with E-state index in [1.54, 1.807) is 0 Å². The molecule has 32 heavy (non-hydrogen) atoms. The molecule has 0 aliphatic heterocycles. The molecule has 0 spiro atoms. The maximum Gasteiger partial charge on any atom is 0.215 e. The van der Waals surface area contributed by atoms with Crippen LogP contribution in [0.4, 0.5) is 0 Å².